The Morgan fingerprint density at radius 3 is 2.33 bits per heavy atom. The van der Waals surface area contributed by atoms with Crippen LogP contribution in [0.4, 0.5) is 0 Å². The van der Waals surface area contributed by atoms with Gasteiger partial charge in [-0.3, -0.25) is 0 Å². The second-order valence-electron chi connectivity index (χ2n) is 6.09. The topological polar surface area (TPSA) is 39.7 Å². The first kappa shape index (κ1) is 18.0. The van der Waals surface area contributed by atoms with E-state index in [1.54, 1.807) is 0 Å². The minimum atomic E-state index is 0.672. The molecule has 0 aliphatic carbocycles. The Morgan fingerprint density at radius 2 is 1.62 bits per heavy atom. The van der Waals surface area contributed by atoms with E-state index in [0.717, 1.165) is 25.6 Å². The molecule has 0 saturated carbocycles. The van der Waals surface area contributed by atoms with Crippen LogP contribution in [0.25, 0.3) is 0 Å². The van der Waals surface area contributed by atoms with E-state index < -0.39 is 0 Å². The Morgan fingerprint density at radius 1 is 0.917 bits per heavy atom. The van der Waals surface area contributed by atoms with Gasteiger partial charge in [0.05, 0.1) is 6.54 Å². The number of hydrogen-bond donors (Lipinski definition) is 2. The van der Waals surface area contributed by atoms with Crippen LogP contribution < -0.4 is 10.6 Å². The molecule has 0 unspecified atom stereocenters. The Labute approximate surface area is 145 Å². The van der Waals surface area contributed by atoms with Gasteiger partial charge < -0.3 is 15.5 Å². The van der Waals surface area contributed by atoms with E-state index in [-0.39, 0.29) is 0 Å². The molecule has 0 radical (unpaired) electrons. The lowest BCUT2D eigenvalue weighted by atomic mass is 10.1. The summed E-state index contributed by atoms with van der Waals surface area (Å²) in [4.78, 5) is 6.87. The highest BCUT2D eigenvalue weighted by atomic mass is 15.2. The van der Waals surface area contributed by atoms with Crippen LogP contribution in [0, 0.1) is 0 Å². The molecular weight excluding hydrogens is 296 g/mol. The first-order valence-corrected chi connectivity index (χ1v) is 8.46. The summed E-state index contributed by atoms with van der Waals surface area (Å²) in [5.74, 6) is 0.847. The normalized spacial score (nSPS) is 11.6. The van der Waals surface area contributed by atoms with Crippen molar-refractivity contribution in [1.29, 1.82) is 0 Å². The summed E-state index contributed by atoms with van der Waals surface area (Å²) in [6.07, 6.45) is 0. The van der Waals surface area contributed by atoms with Crippen molar-refractivity contribution in [2.24, 2.45) is 4.99 Å². The molecule has 0 amide bonds. The monoisotopic (exact) mass is 324 g/mol. The zero-order valence-corrected chi connectivity index (χ0v) is 14.9. The largest absolute Gasteiger partial charge is 0.357 e. The Balaban J connectivity index is 1.97. The third-order valence-electron chi connectivity index (χ3n) is 3.56. The molecule has 2 aromatic rings. The van der Waals surface area contributed by atoms with Crippen molar-refractivity contribution < 1.29 is 0 Å². The second kappa shape index (κ2) is 9.73. The van der Waals surface area contributed by atoms with Crippen LogP contribution >= 0.6 is 0 Å². The van der Waals surface area contributed by atoms with Gasteiger partial charge in [0, 0.05) is 19.6 Å². The van der Waals surface area contributed by atoms with Crippen molar-refractivity contribution in [3.05, 3.63) is 71.3 Å². The van der Waals surface area contributed by atoms with Gasteiger partial charge in [0.1, 0.15) is 0 Å². The van der Waals surface area contributed by atoms with Crippen LogP contribution in [0.1, 0.15) is 23.6 Å². The van der Waals surface area contributed by atoms with Crippen LogP contribution in [0.2, 0.25) is 0 Å². The fourth-order valence-corrected chi connectivity index (χ4v) is 2.49. The van der Waals surface area contributed by atoms with E-state index >= 15 is 0 Å². The molecule has 0 saturated heterocycles. The first-order valence-electron chi connectivity index (χ1n) is 8.46. The summed E-state index contributed by atoms with van der Waals surface area (Å²) in [5.41, 5.74) is 3.79. The third-order valence-corrected chi connectivity index (χ3v) is 3.56. The summed E-state index contributed by atoms with van der Waals surface area (Å²) in [7, 11) is 4.17. The first-order chi connectivity index (χ1) is 11.7. The maximum absolute atomic E-state index is 4.70. The van der Waals surface area contributed by atoms with Crippen LogP contribution in [-0.4, -0.2) is 31.5 Å². The Kier molecular flexibility index (Phi) is 7.30. The molecule has 2 aromatic carbocycles. The van der Waals surface area contributed by atoms with Crippen molar-refractivity contribution in [2.75, 3.05) is 20.6 Å². The van der Waals surface area contributed by atoms with Gasteiger partial charge in [-0.05, 0) is 37.7 Å². The zero-order chi connectivity index (χ0) is 17.2. The Bertz CT molecular complexity index is 635. The highest BCUT2D eigenvalue weighted by molar-refractivity contribution is 5.79. The average Bonchev–Trinajstić information content (AvgIpc) is 2.58. The molecule has 0 atom stereocenters. The van der Waals surface area contributed by atoms with Crippen LogP contribution in [0.3, 0.4) is 0 Å². The SMILES string of the molecule is CCNC(=NCc1cccc(CN(C)C)c1)NCc1ccccc1. The van der Waals surface area contributed by atoms with Crippen molar-refractivity contribution in [3.63, 3.8) is 0 Å². The van der Waals surface area contributed by atoms with Gasteiger partial charge in [0.25, 0.3) is 0 Å². The number of rotatable bonds is 7. The number of guanidine groups is 1. The number of hydrogen-bond acceptors (Lipinski definition) is 2. The smallest absolute Gasteiger partial charge is 0.191 e. The summed E-state index contributed by atoms with van der Waals surface area (Å²) in [5, 5.41) is 6.69. The minimum Gasteiger partial charge on any atom is -0.357 e. The average molecular weight is 324 g/mol. The van der Waals surface area contributed by atoms with Gasteiger partial charge in [-0.25, -0.2) is 4.99 Å². The van der Waals surface area contributed by atoms with Crippen LogP contribution in [0.15, 0.2) is 59.6 Å². The van der Waals surface area contributed by atoms with Gasteiger partial charge in [0.2, 0.25) is 0 Å². The molecule has 2 rings (SSSR count). The lowest BCUT2D eigenvalue weighted by Crippen LogP contribution is -2.36. The number of aliphatic imine (C=N–C) groups is 1. The summed E-state index contributed by atoms with van der Waals surface area (Å²) < 4.78 is 0. The molecule has 2 N–H and O–H groups in total. The second-order valence-corrected chi connectivity index (χ2v) is 6.09. The predicted molar refractivity (Wildman–Crippen MR) is 102 cm³/mol. The summed E-state index contributed by atoms with van der Waals surface area (Å²) in [6.45, 7) is 5.32. The molecule has 0 spiro atoms. The molecule has 0 aliphatic heterocycles. The molecule has 0 aliphatic rings. The third kappa shape index (κ3) is 6.42. The lowest BCUT2D eigenvalue weighted by Gasteiger charge is -2.12. The highest BCUT2D eigenvalue weighted by Crippen LogP contribution is 2.08. The fourth-order valence-electron chi connectivity index (χ4n) is 2.49. The molecule has 0 heterocycles. The molecule has 128 valence electrons. The van der Waals surface area contributed by atoms with Crippen LogP contribution in [-0.2, 0) is 19.6 Å². The summed E-state index contributed by atoms with van der Waals surface area (Å²) in [6, 6.07) is 19.0. The maximum Gasteiger partial charge on any atom is 0.191 e. The summed E-state index contributed by atoms with van der Waals surface area (Å²) >= 11 is 0. The van der Waals surface area contributed by atoms with E-state index in [1.807, 2.05) is 6.07 Å². The van der Waals surface area contributed by atoms with Gasteiger partial charge >= 0.3 is 0 Å². The molecule has 0 fully saturated rings. The standard InChI is InChI=1S/C20H28N4/c1-4-21-20(22-14-17-9-6-5-7-10-17)23-15-18-11-8-12-19(13-18)16-24(2)3/h5-13H,4,14-16H2,1-3H3,(H2,21,22,23). The van der Waals surface area contributed by atoms with Gasteiger partial charge in [0.15, 0.2) is 5.96 Å². The van der Waals surface area contributed by atoms with Crippen LogP contribution in [0.5, 0.6) is 0 Å². The molecule has 24 heavy (non-hydrogen) atoms. The van der Waals surface area contributed by atoms with E-state index in [0.29, 0.717) is 6.54 Å². The number of nitrogens with one attached hydrogen (secondary N) is 2. The minimum absolute atomic E-state index is 0.672. The van der Waals surface area contributed by atoms with Crippen molar-refractivity contribution in [2.45, 2.75) is 26.6 Å². The predicted octanol–water partition coefficient (Wildman–Crippen LogP) is 3.00. The van der Waals surface area contributed by atoms with E-state index in [1.165, 1.54) is 16.7 Å². The lowest BCUT2D eigenvalue weighted by molar-refractivity contribution is 0.402. The fraction of sp³-hybridized carbons (Fsp3) is 0.350. The Hall–Kier alpha value is -2.33. The quantitative estimate of drug-likeness (QED) is 0.607. The van der Waals surface area contributed by atoms with Gasteiger partial charge in [-0.15, -0.1) is 0 Å². The molecular formula is C20H28N4. The molecule has 4 nitrogen and oxygen atoms in total. The molecule has 0 aromatic heterocycles. The van der Waals surface area contributed by atoms with Gasteiger partial charge in [-0.1, -0.05) is 54.6 Å². The van der Waals surface area contributed by atoms with Crippen molar-refractivity contribution in [3.8, 4) is 0 Å². The zero-order valence-electron chi connectivity index (χ0n) is 14.9. The molecule has 4 heteroatoms. The number of nitrogens with zero attached hydrogens (tertiary/aromatic N) is 2. The van der Waals surface area contributed by atoms with E-state index in [2.05, 4.69) is 85.1 Å². The highest BCUT2D eigenvalue weighted by Gasteiger charge is 2.00. The van der Waals surface area contributed by atoms with E-state index in [4.69, 9.17) is 4.99 Å². The van der Waals surface area contributed by atoms with Crippen molar-refractivity contribution in [1.82, 2.24) is 15.5 Å². The molecule has 0 bridgehead atoms. The van der Waals surface area contributed by atoms with E-state index in [9.17, 15) is 0 Å². The van der Waals surface area contributed by atoms with Crippen molar-refractivity contribution >= 4 is 5.96 Å². The van der Waals surface area contributed by atoms with Gasteiger partial charge in [-0.2, -0.15) is 0 Å². The maximum atomic E-state index is 4.70. The number of benzene rings is 2.